The van der Waals surface area contributed by atoms with E-state index in [0.717, 1.165) is 42.4 Å². The van der Waals surface area contributed by atoms with Crippen LogP contribution in [0.4, 0.5) is 15.8 Å². The summed E-state index contributed by atoms with van der Waals surface area (Å²) in [7, 11) is 1.59. The lowest BCUT2D eigenvalue weighted by Crippen LogP contribution is -2.48. The van der Waals surface area contributed by atoms with Crippen molar-refractivity contribution in [2.45, 2.75) is 6.92 Å². The molecule has 1 heterocycles. The van der Waals surface area contributed by atoms with E-state index in [-0.39, 0.29) is 18.3 Å². The number of rotatable bonds is 9. The number of piperazine rings is 1. The molecule has 0 aromatic heterocycles. The standard InChI is InChI=1S/C28H30FN3O4S/c1-3-35-26-18-20(28(37)32-16-14-31(15-17-32)23-9-5-21(29)6-10-23)4-13-25(26)36-19-27(33)30-22-7-11-24(34-2)12-8-22/h4-13,18H,3,14-17,19H2,1-2H3,(H,30,33). The van der Waals surface area contributed by atoms with E-state index < -0.39 is 0 Å². The summed E-state index contributed by atoms with van der Waals surface area (Å²) in [4.78, 5) is 17.5. The second-order valence-corrected chi connectivity index (χ2v) is 8.80. The van der Waals surface area contributed by atoms with Gasteiger partial charge < -0.3 is 29.3 Å². The molecule has 1 aliphatic rings. The van der Waals surface area contributed by atoms with Gasteiger partial charge in [-0.15, -0.1) is 0 Å². The highest BCUT2D eigenvalue weighted by atomic mass is 32.1. The van der Waals surface area contributed by atoms with Gasteiger partial charge in [0.25, 0.3) is 5.91 Å². The van der Waals surface area contributed by atoms with Crippen molar-refractivity contribution in [1.82, 2.24) is 4.90 Å². The molecule has 7 nitrogen and oxygen atoms in total. The summed E-state index contributed by atoms with van der Waals surface area (Å²) in [5, 5.41) is 2.80. The Balaban J connectivity index is 1.35. The van der Waals surface area contributed by atoms with Crippen LogP contribution in [0.2, 0.25) is 0 Å². The van der Waals surface area contributed by atoms with Crippen molar-refractivity contribution >= 4 is 34.5 Å². The maximum atomic E-state index is 13.2. The molecule has 1 amide bonds. The van der Waals surface area contributed by atoms with Gasteiger partial charge in [-0.2, -0.15) is 0 Å². The minimum atomic E-state index is -0.286. The molecule has 0 unspecified atom stereocenters. The summed E-state index contributed by atoms with van der Waals surface area (Å²) in [5.41, 5.74) is 2.51. The number of methoxy groups -OCH3 is 1. The molecular formula is C28H30FN3O4S. The Labute approximate surface area is 221 Å². The van der Waals surface area contributed by atoms with Crippen molar-refractivity contribution in [3.8, 4) is 17.2 Å². The number of thiocarbonyl (C=S) groups is 1. The second kappa shape index (κ2) is 12.4. The Morgan fingerprint density at radius 2 is 1.65 bits per heavy atom. The molecule has 1 aliphatic heterocycles. The van der Waals surface area contributed by atoms with E-state index in [2.05, 4.69) is 15.1 Å². The highest BCUT2D eigenvalue weighted by molar-refractivity contribution is 7.80. The molecule has 37 heavy (non-hydrogen) atoms. The number of nitrogens with zero attached hydrogens (tertiary/aromatic N) is 2. The zero-order valence-corrected chi connectivity index (χ0v) is 21.7. The number of carbonyl (C=O) groups excluding carboxylic acids is 1. The Hall–Kier alpha value is -3.85. The van der Waals surface area contributed by atoms with Crippen LogP contribution in [-0.2, 0) is 4.79 Å². The third-order valence-electron chi connectivity index (χ3n) is 5.98. The third kappa shape index (κ3) is 6.89. The summed E-state index contributed by atoms with van der Waals surface area (Å²) in [6.07, 6.45) is 0. The van der Waals surface area contributed by atoms with Crippen molar-refractivity contribution in [3.63, 3.8) is 0 Å². The third-order valence-corrected chi connectivity index (χ3v) is 6.48. The average molecular weight is 524 g/mol. The van der Waals surface area contributed by atoms with Crippen LogP contribution in [0.5, 0.6) is 17.2 Å². The number of halogens is 1. The fourth-order valence-corrected chi connectivity index (χ4v) is 4.36. The largest absolute Gasteiger partial charge is 0.497 e. The van der Waals surface area contributed by atoms with E-state index in [4.69, 9.17) is 26.4 Å². The zero-order valence-electron chi connectivity index (χ0n) is 20.9. The van der Waals surface area contributed by atoms with E-state index >= 15 is 0 Å². The number of hydrogen-bond acceptors (Lipinski definition) is 6. The van der Waals surface area contributed by atoms with Gasteiger partial charge in [-0.1, -0.05) is 12.2 Å². The highest BCUT2D eigenvalue weighted by Gasteiger charge is 2.21. The summed E-state index contributed by atoms with van der Waals surface area (Å²) in [6, 6.07) is 19.1. The zero-order chi connectivity index (χ0) is 26.2. The van der Waals surface area contributed by atoms with Crippen LogP contribution in [0.3, 0.4) is 0 Å². The normalized spacial score (nSPS) is 13.2. The molecule has 4 rings (SSSR count). The summed E-state index contributed by atoms with van der Waals surface area (Å²) < 4.78 is 29.9. The molecule has 3 aromatic carbocycles. The molecule has 0 radical (unpaired) electrons. The first kappa shape index (κ1) is 26.2. The maximum absolute atomic E-state index is 13.2. The highest BCUT2D eigenvalue weighted by Crippen LogP contribution is 2.30. The van der Waals surface area contributed by atoms with Crippen LogP contribution in [0.25, 0.3) is 0 Å². The smallest absolute Gasteiger partial charge is 0.262 e. The van der Waals surface area contributed by atoms with Gasteiger partial charge in [-0.25, -0.2) is 4.39 Å². The summed E-state index contributed by atoms with van der Waals surface area (Å²) in [5.74, 6) is 1.19. The number of carbonyl (C=O) groups is 1. The SMILES string of the molecule is CCOc1cc(C(=S)N2CCN(c3ccc(F)cc3)CC2)ccc1OCC(=O)Nc1ccc(OC)cc1. The molecule has 0 bridgehead atoms. The van der Waals surface area contributed by atoms with Crippen LogP contribution in [0.1, 0.15) is 12.5 Å². The lowest BCUT2D eigenvalue weighted by atomic mass is 10.1. The van der Waals surface area contributed by atoms with Gasteiger partial charge >= 0.3 is 0 Å². The van der Waals surface area contributed by atoms with Gasteiger partial charge in [0.05, 0.1) is 13.7 Å². The quantitative estimate of drug-likeness (QED) is 0.406. The van der Waals surface area contributed by atoms with Gasteiger partial charge in [0.15, 0.2) is 18.1 Å². The molecule has 9 heteroatoms. The fourth-order valence-electron chi connectivity index (χ4n) is 4.05. The van der Waals surface area contributed by atoms with Crippen LogP contribution >= 0.6 is 12.2 Å². The molecule has 1 saturated heterocycles. The summed E-state index contributed by atoms with van der Waals surface area (Å²) in [6.45, 7) is 5.25. The number of nitrogens with one attached hydrogen (secondary N) is 1. The average Bonchev–Trinajstić information content (AvgIpc) is 2.93. The van der Waals surface area contributed by atoms with Gasteiger partial charge in [0.2, 0.25) is 0 Å². The molecule has 0 aliphatic carbocycles. The molecule has 0 spiro atoms. The first-order chi connectivity index (χ1) is 18.0. The van der Waals surface area contributed by atoms with Crippen molar-refractivity contribution in [2.75, 3.05) is 56.7 Å². The number of hydrogen-bond donors (Lipinski definition) is 1. The predicted molar refractivity (Wildman–Crippen MR) is 147 cm³/mol. The fraction of sp³-hybridized carbons (Fsp3) is 0.286. The molecule has 194 valence electrons. The minimum absolute atomic E-state index is 0.165. The lowest BCUT2D eigenvalue weighted by molar-refractivity contribution is -0.118. The van der Waals surface area contributed by atoms with Gasteiger partial charge in [0.1, 0.15) is 16.6 Å². The van der Waals surface area contributed by atoms with Gasteiger partial charge in [-0.05, 0) is 73.7 Å². The van der Waals surface area contributed by atoms with Crippen molar-refractivity contribution in [2.24, 2.45) is 0 Å². The van der Waals surface area contributed by atoms with Crippen LogP contribution in [-0.4, -0.2) is 62.3 Å². The second-order valence-electron chi connectivity index (χ2n) is 8.42. The monoisotopic (exact) mass is 523 g/mol. The lowest BCUT2D eigenvalue weighted by Gasteiger charge is -2.37. The molecule has 1 fully saturated rings. The van der Waals surface area contributed by atoms with E-state index in [1.807, 2.05) is 19.1 Å². The number of amides is 1. The van der Waals surface area contributed by atoms with E-state index in [9.17, 15) is 9.18 Å². The minimum Gasteiger partial charge on any atom is -0.497 e. The molecule has 0 atom stereocenters. The van der Waals surface area contributed by atoms with Gasteiger partial charge in [0, 0.05) is 43.1 Å². The molecule has 1 N–H and O–H groups in total. The number of anilines is 2. The van der Waals surface area contributed by atoms with Crippen molar-refractivity contribution < 1.29 is 23.4 Å². The van der Waals surface area contributed by atoms with Crippen LogP contribution < -0.4 is 24.4 Å². The van der Waals surface area contributed by atoms with Gasteiger partial charge in [-0.3, -0.25) is 4.79 Å². The van der Waals surface area contributed by atoms with E-state index in [1.165, 1.54) is 12.1 Å². The van der Waals surface area contributed by atoms with Crippen LogP contribution in [0, 0.1) is 5.82 Å². The Morgan fingerprint density at radius 3 is 2.30 bits per heavy atom. The first-order valence-corrected chi connectivity index (χ1v) is 12.5. The maximum Gasteiger partial charge on any atom is 0.262 e. The Morgan fingerprint density at radius 1 is 0.946 bits per heavy atom. The summed E-state index contributed by atoms with van der Waals surface area (Å²) >= 11 is 5.79. The van der Waals surface area contributed by atoms with E-state index in [1.54, 1.807) is 49.6 Å². The van der Waals surface area contributed by atoms with E-state index in [0.29, 0.717) is 29.5 Å². The van der Waals surface area contributed by atoms with Crippen molar-refractivity contribution in [3.05, 3.63) is 78.1 Å². The Bertz CT molecular complexity index is 1210. The molecule has 3 aromatic rings. The predicted octanol–water partition coefficient (Wildman–Crippen LogP) is 4.75. The first-order valence-electron chi connectivity index (χ1n) is 12.1. The Kier molecular flexibility index (Phi) is 8.79. The van der Waals surface area contributed by atoms with Crippen molar-refractivity contribution in [1.29, 1.82) is 0 Å². The molecule has 0 saturated carbocycles. The number of benzene rings is 3. The van der Waals surface area contributed by atoms with Crippen LogP contribution in [0.15, 0.2) is 66.7 Å². The topological polar surface area (TPSA) is 63.3 Å². The molecular weight excluding hydrogens is 493 g/mol. The number of ether oxygens (including phenoxy) is 3.